The summed E-state index contributed by atoms with van der Waals surface area (Å²) in [5.74, 6) is -0.0329. The van der Waals surface area contributed by atoms with Gasteiger partial charge in [0.1, 0.15) is 0 Å². The van der Waals surface area contributed by atoms with Crippen LogP contribution in [0.25, 0.3) is 10.9 Å². The lowest BCUT2D eigenvalue weighted by atomic mass is 9.82. The maximum absolute atomic E-state index is 12.7. The van der Waals surface area contributed by atoms with Gasteiger partial charge in [-0.25, -0.2) is 0 Å². The van der Waals surface area contributed by atoms with Crippen LogP contribution in [0.3, 0.4) is 0 Å². The highest BCUT2D eigenvalue weighted by molar-refractivity contribution is 7.79. The van der Waals surface area contributed by atoms with Gasteiger partial charge in [-0.05, 0) is 38.8 Å². The normalized spacial score (nSPS) is 25.1. The van der Waals surface area contributed by atoms with E-state index in [4.69, 9.17) is 17.5 Å². The first-order valence-electron chi connectivity index (χ1n) is 9.24. The predicted octanol–water partition coefficient (Wildman–Crippen LogP) is 0.980. The summed E-state index contributed by atoms with van der Waals surface area (Å²) in [5, 5.41) is 8.62. The number of carbonyl (C=O) groups is 1. The Morgan fingerprint density at radius 2 is 1.71 bits per heavy atom. The molecule has 3 heterocycles. The summed E-state index contributed by atoms with van der Waals surface area (Å²) in [5.41, 5.74) is 1.55. The Bertz CT molecular complexity index is 936. The number of aromatic nitrogens is 2. The minimum Gasteiger partial charge on any atom is -0.759 e. The second kappa shape index (κ2) is 8.16. The number of rotatable bonds is 2. The summed E-state index contributed by atoms with van der Waals surface area (Å²) in [6.07, 6.45) is 5.95. The van der Waals surface area contributed by atoms with Gasteiger partial charge in [-0.3, -0.25) is 17.9 Å². The van der Waals surface area contributed by atoms with Gasteiger partial charge in [0, 0.05) is 41.0 Å². The van der Waals surface area contributed by atoms with Crippen LogP contribution in [0.2, 0.25) is 0 Å². The molecule has 9 nitrogen and oxygen atoms in total. The number of nitrogens with zero attached hydrogens (tertiary/aromatic N) is 3. The fraction of sp³-hybridized carbons (Fsp3) is 0.556. The number of amides is 1. The molecule has 1 aromatic carbocycles. The molecule has 0 radical (unpaired) electrons. The Morgan fingerprint density at radius 1 is 1.14 bits per heavy atom. The average Bonchev–Trinajstić information content (AvgIpc) is 2.92. The molecule has 2 aromatic rings. The molecule has 2 bridgehead atoms. The van der Waals surface area contributed by atoms with Crippen LogP contribution in [0.1, 0.15) is 42.6 Å². The molecule has 0 unspecified atom stereocenters. The molecular formula is C18H24N4O5S-2. The molecule has 10 heteroatoms. The molecule has 1 N–H and O–H groups in total. The third kappa shape index (κ3) is 4.88. The molecule has 154 valence electrons. The molecule has 2 aliphatic rings. The molecule has 4 rings (SSSR count). The number of piperidine rings is 2. The van der Waals surface area contributed by atoms with Crippen LogP contribution < -0.4 is 5.32 Å². The van der Waals surface area contributed by atoms with Crippen molar-refractivity contribution < 1.29 is 22.3 Å². The van der Waals surface area contributed by atoms with Gasteiger partial charge in [-0.1, -0.05) is 24.6 Å². The van der Waals surface area contributed by atoms with E-state index in [1.54, 1.807) is 4.68 Å². The molecule has 2 saturated heterocycles. The molecule has 0 spiro atoms. The lowest BCUT2D eigenvalue weighted by Gasteiger charge is -2.47. The summed E-state index contributed by atoms with van der Waals surface area (Å²) >= 11 is 0. The van der Waals surface area contributed by atoms with Crippen LogP contribution in [0.4, 0.5) is 0 Å². The lowest BCUT2D eigenvalue weighted by molar-refractivity contribution is 0.0462. The summed E-state index contributed by atoms with van der Waals surface area (Å²) in [6.45, 7) is 0. The predicted molar refractivity (Wildman–Crippen MR) is 101 cm³/mol. The van der Waals surface area contributed by atoms with E-state index in [2.05, 4.69) is 22.4 Å². The number of aryl methyl sites for hydroxylation is 1. The van der Waals surface area contributed by atoms with Crippen molar-refractivity contribution in [3.05, 3.63) is 30.0 Å². The molecule has 0 aliphatic carbocycles. The highest BCUT2D eigenvalue weighted by Gasteiger charge is 2.36. The Hall–Kier alpha value is -2.01. The third-order valence-corrected chi connectivity index (χ3v) is 5.65. The average molecular weight is 408 g/mol. The SMILES string of the molecule is CN1[C@H]2CCC[C@H]1CC(NC(=O)c1nn(C)c3ccccc13)C2.O=S(=O)([O-])[O-]. The fourth-order valence-electron chi connectivity index (χ4n) is 4.37. The maximum Gasteiger partial charge on any atom is 0.272 e. The van der Waals surface area contributed by atoms with Crippen molar-refractivity contribution in [3.63, 3.8) is 0 Å². The quantitative estimate of drug-likeness (QED) is 0.579. The van der Waals surface area contributed by atoms with Crippen LogP contribution in [0.5, 0.6) is 0 Å². The molecule has 1 aromatic heterocycles. The van der Waals surface area contributed by atoms with Crippen molar-refractivity contribution in [2.45, 2.75) is 50.2 Å². The zero-order valence-corrected chi connectivity index (χ0v) is 16.7. The highest BCUT2D eigenvalue weighted by Crippen LogP contribution is 2.32. The smallest absolute Gasteiger partial charge is 0.272 e. The van der Waals surface area contributed by atoms with E-state index in [0.29, 0.717) is 17.8 Å². The van der Waals surface area contributed by atoms with Crippen molar-refractivity contribution in [2.24, 2.45) is 7.05 Å². The van der Waals surface area contributed by atoms with Gasteiger partial charge in [-0.2, -0.15) is 5.10 Å². The Morgan fingerprint density at radius 3 is 2.32 bits per heavy atom. The van der Waals surface area contributed by atoms with E-state index in [1.165, 1.54) is 19.3 Å². The fourth-order valence-corrected chi connectivity index (χ4v) is 4.37. The first kappa shape index (κ1) is 20.7. The van der Waals surface area contributed by atoms with E-state index in [1.807, 2.05) is 31.3 Å². The van der Waals surface area contributed by atoms with Crippen LogP contribution in [-0.2, 0) is 17.4 Å². The Balaban J connectivity index is 0.000000403. The zero-order valence-electron chi connectivity index (χ0n) is 15.9. The second-order valence-corrected chi connectivity index (χ2v) is 8.26. The molecule has 2 aliphatic heterocycles. The molecule has 0 saturated carbocycles. The summed E-state index contributed by atoms with van der Waals surface area (Å²) in [4.78, 5) is 15.3. The van der Waals surface area contributed by atoms with Crippen molar-refractivity contribution in [1.29, 1.82) is 0 Å². The van der Waals surface area contributed by atoms with Crippen LogP contribution in [-0.4, -0.2) is 63.3 Å². The molecule has 2 fully saturated rings. The Kier molecular flexibility index (Phi) is 6.04. The van der Waals surface area contributed by atoms with Crippen molar-refractivity contribution in [2.75, 3.05) is 7.05 Å². The van der Waals surface area contributed by atoms with E-state index in [9.17, 15) is 4.79 Å². The third-order valence-electron chi connectivity index (χ3n) is 5.65. The second-order valence-electron chi connectivity index (χ2n) is 7.44. The van der Waals surface area contributed by atoms with E-state index in [-0.39, 0.29) is 11.9 Å². The van der Waals surface area contributed by atoms with Crippen LogP contribution >= 0.6 is 0 Å². The van der Waals surface area contributed by atoms with Crippen molar-refractivity contribution in [1.82, 2.24) is 20.0 Å². The highest BCUT2D eigenvalue weighted by atomic mass is 32.3. The number of carbonyl (C=O) groups excluding carboxylic acids is 1. The largest absolute Gasteiger partial charge is 0.759 e. The number of para-hydroxylation sites is 1. The van der Waals surface area contributed by atoms with Gasteiger partial charge >= 0.3 is 0 Å². The summed E-state index contributed by atoms with van der Waals surface area (Å²) in [7, 11) is -1.04. The number of fused-ring (bicyclic) bond motifs is 3. The minimum absolute atomic E-state index is 0.0329. The minimum atomic E-state index is -5.17. The van der Waals surface area contributed by atoms with E-state index in [0.717, 1.165) is 23.7 Å². The van der Waals surface area contributed by atoms with Gasteiger partial charge < -0.3 is 19.3 Å². The standard InChI is InChI=1S/C18H24N4O.H2O4S/c1-21-13-6-5-7-14(21)11-12(10-13)19-18(23)17-15-8-3-4-9-16(15)22(2)20-17;1-5(2,3)4/h3-4,8-9,12-14H,5-7,10-11H2,1-2H3,(H,19,23);(H2,1,2,3,4)/p-2/t13-,14-;/m0./s1. The van der Waals surface area contributed by atoms with Gasteiger partial charge in [0.15, 0.2) is 5.69 Å². The maximum atomic E-state index is 12.7. The van der Waals surface area contributed by atoms with Crippen LogP contribution in [0, 0.1) is 0 Å². The van der Waals surface area contributed by atoms with E-state index < -0.39 is 10.4 Å². The summed E-state index contributed by atoms with van der Waals surface area (Å²) in [6, 6.07) is 9.42. The summed E-state index contributed by atoms with van der Waals surface area (Å²) < 4.78 is 35.9. The van der Waals surface area contributed by atoms with Gasteiger partial charge in [0.25, 0.3) is 5.91 Å². The topological polar surface area (TPSA) is 130 Å². The number of hydrogen-bond acceptors (Lipinski definition) is 7. The zero-order chi connectivity index (χ0) is 20.5. The molecule has 2 atom stereocenters. The van der Waals surface area contributed by atoms with E-state index >= 15 is 0 Å². The first-order chi connectivity index (χ1) is 13.1. The van der Waals surface area contributed by atoms with Crippen molar-refractivity contribution in [3.8, 4) is 0 Å². The molecule has 28 heavy (non-hydrogen) atoms. The number of hydrogen-bond donors (Lipinski definition) is 1. The molecule has 1 amide bonds. The van der Waals surface area contributed by atoms with Crippen molar-refractivity contribution >= 4 is 27.2 Å². The van der Waals surface area contributed by atoms with Crippen LogP contribution in [0.15, 0.2) is 24.3 Å². The monoisotopic (exact) mass is 408 g/mol. The van der Waals surface area contributed by atoms with Gasteiger partial charge in [0.2, 0.25) is 0 Å². The lowest BCUT2D eigenvalue weighted by Crippen LogP contribution is -2.55. The Labute approximate surface area is 164 Å². The number of benzene rings is 1. The first-order valence-corrected chi connectivity index (χ1v) is 10.6. The van der Waals surface area contributed by atoms with Gasteiger partial charge in [0.05, 0.1) is 5.52 Å². The van der Waals surface area contributed by atoms with Gasteiger partial charge in [-0.15, -0.1) is 0 Å². The number of nitrogens with one attached hydrogen (secondary N) is 1. The molecular weight excluding hydrogens is 384 g/mol.